The van der Waals surface area contributed by atoms with Gasteiger partial charge in [0.15, 0.2) is 0 Å². The van der Waals surface area contributed by atoms with Crippen LogP contribution < -0.4 is 10.2 Å². The lowest BCUT2D eigenvalue weighted by Gasteiger charge is -2.56. The second-order valence-corrected chi connectivity index (χ2v) is 10.1. The number of hydrogen-bond donors (Lipinski definition) is 1. The average molecular weight is 383 g/mol. The summed E-state index contributed by atoms with van der Waals surface area (Å²) < 4.78 is 5.46. The minimum Gasteiger partial charge on any atom is -0.381 e. The molecule has 4 bridgehead atoms. The number of methoxy groups -OCH3 is 1. The molecule has 4 nitrogen and oxygen atoms in total. The summed E-state index contributed by atoms with van der Waals surface area (Å²) in [5, 5.41) is 3.19. The second-order valence-electron chi connectivity index (χ2n) is 10.1. The molecule has 1 aromatic rings. The topological polar surface area (TPSA) is 41.6 Å². The van der Waals surface area contributed by atoms with E-state index in [1.165, 1.54) is 44.2 Å². The lowest BCUT2D eigenvalue weighted by atomic mass is 9.49. The second kappa shape index (κ2) is 7.37. The Morgan fingerprint density at radius 3 is 2.14 bits per heavy atom. The normalized spacial score (nSPS) is 34.6. The van der Waals surface area contributed by atoms with Crippen LogP contribution in [0.5, 0.6) is 0 Å². The summed E-state index contributed by atoms with van der Waals surface area (Å²) in [5.74, 6) is 2.93. The number of amides is 1. The quantitative estimate of drug-likeness (QED) is 0.792. The predicted molar refractivity (Wildman–Crippen MR) is 113 cm³/mol. The molecule has 5 fully saturated rings. The summed E-state index contributed by atoms with van der Waals surface area (Å²) in [7, 11) is 1.81. The highest BCUT2D eigenvalue weighted by Crippen LogP contribution is 2.61. The van der Waals surface area contributed by atoms with Crippen LogP contribution in [0.2, 0.25) is 0 Å². The summed E-state index contributed by atoms with van der Waals surface area (Å²) in [6.07, 6.45) is 11.5. The van der Waals surface area contributed by atoms with Gasteiger partial charge in [-0.3, -0.25) is 4.79 Å². The molecule has 1 aromatic carbocycles. The average Bonchev–Trinajstić information content (AvgIpc) is 2.67. The molecule has 1 aliphatic heterocycles. The summed E-state index contributed by atoms with van der Waals surface area (Å²) in [6.45, 7) is 2.08. The number of rotatable bonds is 5. The fourth-order valence-electron chi connectivity index (χ4n) is 7.16. The van der Waals surface area contributed by atoms with Crippen molar-refractivity contribution in [1.82, 2.24) is 0 Å². The third-order valence-electron chi connectivity index (χ3n) is 7.99. The Labute approximate surface area is 169 Å². The zero-order chi connectivity index (χ0) is 19.1. The van der Waals surface area contributed by atoms with Crippen molar-refractivity contribution < 1.29 is 9.53 Å². The maximum atomic E-state index is 12.8. The molecule has 4 saturated carbocycles. The highest BCUT2D eigenvalue weighted by atomic mass is 16.5. The van der Waals surface area contributed by atoms with Gasteiger partial charge in [0.2, 0.25) is 5.91 Å². The van der Waals surface area contributed by atoms with E-state index in [1.54, 1.807) is 7.11 Å². The van der Waals surface area contributed by atoms with Crippen molar-refractivity contribution in [3.05, 3.63) is 24.3 Å². The summed E-state index contributed by atoms with van der Waals surface area (Å²) in [5.41, 5.74) is 2.49. The summed E-state index contributed by atoms with van der Waals surface area (Å²) in [6, 6.07) is 8.42. The van der Waals surface area contributed by atoms with Crippen LogP contribution in [0.4, 0.5) is 11.4 Å². The number of carbonyl (C=O) groups is 1. The van der Waals surface area contributed by atoms with E-state index in [0.717, 1.165) is 55.8 Å². The largest absolute Gasteiger partial charge is 0.381 e. The van der Waals surface area contributed by atoms with Gasteiger partial charge in [-0.15, -0.1) is 0 Å². The van der Waals surface area contributed by atoms with Crippen molar-refractivity contribution in [3.8, 4) is 0 Å². The molecule has 1 heterocycles. The van der Waals surface area contributed by atoms with Crippen LogP contribution in [0, 0.1) is 23.2 Å². The Bertz CT molecular complexity index is 671. The number of benzene rings is 1. The molecule has 1 amide bonds. The number of anilines is 2. The Balaban J connectivity index is 1.17. The van der Waals surface area contributed by atoms with Crippen molar-refractivity contribution in [2.24, 2.45) is 23.2 Å². The Morgan fingerprint density at radius 2 is 1.61 bits per heavy atom. The Morgan fingerprint density at radius 1 is 1.04 bits per heavy atom. The number of piperidine rings is 1. The first kappa shape index (κ1) is 18.5. The van der Waals surface area contributed by atoms with Crippen molar-refractivity contribution in [1.29, 1.82) is 0 Å². The monoisotopic (exact) mass is 382 g/mol. The van der Waals surface area contributed by atoms with Gasteiger partial charge in [0.1, 0.15) is 0 Å². The fraction of sp³-hybridized carbons (Fsp3) is 0.708. The van der Waals surface area contributed by atoms with E-state index in [1.807, 2.05) is 0 Å². The van der Waals surface area contributed by atoms with Crippen LogP contribution in [-0.2, 0) is 9.53 Å². The molecule has 28 heavy (non-hydrogen) atoms. The molecule has 4 aliphatic carbocycles. The summed E-state index contributed by atoms with van der Waals surface area (Å²) >= 11 is 0. The predicted octanol–water partition coefficient (Wildman–Crippen LogP) is 4.85. The number of nitrogens with one attached hydrogen (secondary N) is 1. The number of hydrogen-bond acceptors (Lipinski definition) is 3. The molecule has 152 valence electrons. The molecule has 0 unspecified atom stereocenters. The molecule has 6 rings (SSSR count). The van der Waals surface area contributed by atoms with Crippen LogP contribution in [-0.4, -0.2) is 32.2 Å². The van der Waals surface area contributed by atoms with Crippen LogP contribution in [0.15, 0.2) is 24.3 Å². The molecular weight excluding hydrogens is 348 g/mol. The zero-order valence-electron chi connectivity index (χ0n) is 17.2. The van der Waals surface area contributed by atoms with Gasteiger partial charge < -0.3 is 15.0 Å². The third-order valence-corrected chi connectivity index (χ3v) is 7.99. The number of nitrogens with zero attached hydrogens (tertiary/aromatic N) is 1. The highest BCUT2D eigenvalue weighted by molar-refractivity contribution is 5.91. The van der Waals surface area contributed by atoms with Crippen LogP contribution in [0.3, 0.4) is 0 Å². The minimum atomic E-state index is 0.218. The van der Waals surface area contributed by atoms with Crippen molar-refractivity contribution in [2.75, 3.05) is 30.4 Å². The van der Waals surface area contributed by atoms with Gasteiger partial charge >= 0.3 is 0 Å². The molecule has 0 radical (unpaired) electrons. The smallest absolute Gasteiger partial charge is 0.224 e. The number of ether oxygens (including phenoxy) is 1. The first-order valence-electron chi connectivity index (χ1n) is 11.3. The third kappa shape index (κ3) is 3.68. The van der Waals surface area contributed by atoms with E-state index in [-0.39, 0.29) is 5.91 Å². The first-order chi connectivity index (χ1) is 13.6. The van der Waals surface area contributed by atoms with Crippen molar-refractivity contribution in [2.45, 2.75) is 63.9 Å². The lowest BCUT2D eigenvalue weighted by molar-refractivity contribution is -0.124. The van der Waals surface area contributed by atoms with Gasteiger partial charge in [-0.1, -0.05) is 0 Å². The molecule has 1 N–H and O–H groups in total. The van der Waals surface area contributed by atoms with Gasteiger partial charge in [-0.25, -0.2) is 0 Å². The van der Waals surface area contributed by atoms with Crippen LogP contribution in [0.1, 0.15) is 57.8 Å². The van der Waals surface area contributed by atoms with E-state index in [2.05, 4.69) is 34.5 Å². The fourth-order valence-corrected chi connectivity index (χ4v) is 7.16. The van der Waals surface area contributed by atoms with Gasteiger partial charge in [-0.2, -0.15) is 0 Å². The lowest BCUT2D eigenvalue weighted by Crippen LogP contribution is -2.47. The van der Waals surface area contributed by atoms with Gasteiger partial charge in [0, 0.05) is 38.0 Å². The number of carbonyl (C=O) groups excluding carboxylic acids is 1. The van der Waals surface area contributed by atoms with Crippen molar-refractivity contribution in [3.63, 3.8) is 0 Å². The zero-order valence-corrected chi connectivity index (χ0v) is 17.2. The SMILES string of the molecule is COC1CCN(c2ccc(NC(=O)CC34CC5CC(CC(C5)C3)C4)cc2)CC1. The molecule has 0 aromatic heterocycles. The van der Waals surface area contributed by atoms with E-state index in [4.69, 9.17) is 4.74 Å². The van der Waals surface area contributed by atoms with Crippen LogP contribution >= 0.6 is 0 Å². The molecule has 5 aliphatic rings. The van der Waals surface area contributed by atoms with E-state index < -0.39 is 0 Å². The van der Waals surface area contributed by atoms with Crippen molar-refractivity contribution >= 4 is 17.3 Å². The molecule has 0 atom stereocenters. The molecular formula is C24H34N2O2. The maximum absolute atomic E-state index is 12.8. The van der Waals surface area contributed by atoms with E-state index in [0.29, 0.717) is 11.5 Å². The van der Waals surface area contributed by atoms with Gasteiger partial charge in [-0.05, 0) is 98.8 Å². The first-order valence-corrected chi connectivity index (χ1v) is 11.3. The standard InChI is InChI=1S/C24H34N2O2/c1-28-22-6-8-26(9-7-22)21-4-2-20(3-5-21)25-23(27)16-24-13-17-10-18(14-24)12-19(11-17)15-24/h2-5,17-19,22H,6-16H2,1H3,(H,25,27). The maximum Gasteiger partial charge on any atom is 0.224 e. The van der Waals surface area contributed by atoms with Gasteiger partial charge in [0.05, 0.1) is 6.10 Å². The Hall–Kier alpha value is -1.55. The van der Waals surface area contributed by atoms with Gasteiger partial charge in [0.25, 0.3) is 0 Å². The molecule has 1 saturated heterocycles. The molecule has 4 heteroatoms. The molecule has 0 spiro atoms. The minimum absolute atomic E-state index is 0.218. The summed E-state index contributed by atoms with van der Waals surface area (Å²) in [4.78, 5) is 15.2. The van der Waals surface area contributed by atoms with E-state index >= 15 is 0 Å². The highest BCUT2D eigenvalue weighted by Gasteiger charge is 2.51. The van der Waals surface area contributed by atoms with Crippen LogP contribution in [0.25, 0.3) is 0 Å². The Kier molecular flexibility index (Phi) is 4.86. The van der Waals surface area contributed by atoms with E-state index in [9.17, 15) is 4.79 Å².